The van der Waals surface area contributed by atoms with Crippen LogP contribution in [0.1, 0.15) is 10.5 Å². The Morgan fingerprint density at radius 1 is 1.70 bits per heavy atom. The van der Waals surface area contributed by atoms with Gasteiger partial charge in [-0.1, -0.05) is 0 Å². The van der Waals surface area contributed by atoms with Crippen LogP contribution in [0.15, 0.2) is 18.3 Å². The minimum atomic E-state index is -0.603. The largest absolute Gasteiger partial charge is 0.364 e. The van der Waals surface area contributed by atoms with Crippen LogP contribution in [0.25, 0.3) is 0 Å². The summed E-state index contributed by atoms with van der Waals surface area (Å²) < 4.78 is 0. The summed E-state index contributed by atoms with van der Waals surface area (Å²) >= 11 is 0. The van der Waals surface area contributed by atoms with E-state index in [1.54, 1.807) is 0 Å². The third kappa shape index (κ3) is 1.22. The number of hydrogen-bond donors (Lipinski definition) is 1. The maximum atomic E-state index is 10.4. The molecular formula is C6H6N3O. The summed E-state index contributed by atoms with van der Waals surface area (Å²) in [6.45, 7) is 0. The van der Waals surface area contributed by atoms with E-state index in [1.165, 1.54) is 18.3 Å². The minimum absolute atomic E-state index is 0.132. The fourth-order valence-electron chi connectivity index (χ4n) is 0.565. The number of nitrogens with two attached hydrogens (primary N) is 1. The van der Waals surface area contributed by atoms with E-state index in [-0.39, 0.29) is 11.4 Å². The van der Waals surface area contributed by atoms with E-state index in [4.69, 9.17) is 11.5 Å². The smallest absolute Gasteiger partial charge is 0.267 e. The summed E-state index contributed by atoms with van der Waals surface area (Å²) in [5.41, 5.74) is 12.4. The molecule has 3 N–H and O–H groups in total. The molecule has 1 aromatic heterocycles. The molecule has 51 valence electrons. The van der Waals surface area contributed by atoms with Gasteiger partial charge in [0.25, 0.3) is 5.91 Å². The number of rotatable bonds is 1. The van der Waals surface area contributed by atoms with Gasteiger partial charge in [0, 0.05) is 6.20 Å². The summed E-state index contributed by atoms with van der Waals surface area (Å²) in [6, 6.07) is 2.80. The molecule has 0 bridgehead atoms. The number of carbonyl (C=O) groups excluding carboxylic acids is 1. The number of pyridine rings is 1. The molecule has 0 aromatic carbocycles. The van der Waals surface area contributed by atoms with Crippen LogP contribution in [0.3, 0.4) is 0 Å². The second kappa shape index (κ2) is 2.34. The molecule has 0 spiro atoms. The van der Waals surface area contributed by atoms with Crippen molar-refractivity contribution in [2.24, 2.45) is 5.73 Å². The van der Waals surface area contributed by atoms with Gasteiger partial charge in [-0.3, -0.25) is 9.78 Å². The van der Waals surface area contributed by atoms with Gasteiger partial charge in [-0.15, -0.1) is 0 Å². The Labute approximate surface area is 57.9 Å². The van der Waals surface area contributed by atoms with Gasteiger partial charge >= 0.3 is 0 Å². The van der Waals surface area contributed by atoms with Crippen LogP contribution in [0.5, 0.6) is 0 Å². The summed E-state index contributed by atoms with van der Waals surface area (Å²) in [5, 5.41) is 0. The molecule has 0 saturated carbocycles. The molecule has 1 radical (unpaired) electrons. The summed E-state index contributed by atoms with van der Waals surface area (Å²) in [6.07, 6.45) is 1.38. The molecule has 0 saturated heterocycles. The monoisotopic (exact) mass is 136 g/mol. The lowest BCUT2D eigenvalue weighted by molar-refractivity contribution is 0.0995. The van der Waals surface area contributed by atoms with E-state index >= 15 is 0 Å². The average molecular weight is 136 g/mol. The van der Waals surface area contributed by atoms with Gasteiger partial charge in [-0.2, -0.15) is 0 Å². The predicted molar refractivity (Wildman–Crippen MR) is 35.5 cm³/mol. The van der Waals surface area contributed by atoms with Gasteiger partial charge in [0.1, 0.15) is 5.69 Å². The van der Waals surface area contributed by atoms with E-state index < -0.39 is 5.91 Å². The molecule has 0 aliphatic rings. The van der Waals surface area contributed by atoms with Gasteiger partial charge in [0.15, 0.2) is 0 Å². The molecule has 1 rings (SSSR count). The van der Waals surface area contributed by atoms with Crippen molar-refractivity contribution in [1.82, 2.24) is 10.7 Å². The number of primary amides is 1. The van der Waals surface area contributed by atoms with Crippen LogP contribution in [0.4, 0.5) is 5.69 Å². The first-order valence-corrected chi connectivity index (χ1v) is 2.67. The zero-order chi connectivity index (χ0) is 7.56. The van der Waals surface area contributed by atoms with E-state index in [9.17, 15) is 4.79 Å². The van der Waals surface area contributed by atoms with Gasteiger partial charge < -0.3 is 11.5 Å². The normalized spacial score (nSPS) is 9.20. The van der Waals surface area contributed by atoms with Crippen molar-refractivity contribution in [3.63, 3.8) is 0 Å². The van der Waals surface area contributed by atoms with Crippen molar-refractivity contribution in [2.75, 3.05) is 0 Å². The molecule has 0 aliphatic carbocycles. The van der Waals surface area contributed by atoms with Crippen molar-refractivity contribution in [2.45, 2.75) is 0 Å². The lowest BCUT2D eigenvalue weighted by atomic mass is 10.3. The van der Waals surface area contributed by atoms with E-state index in [2.05, 4.69) is 4.98 Å². The van der Waals surface area contributed by atoms with E-state index in [0.717, 1.165) is 0 Å². The molecule has 10 heavy (non-hydrogen) atoms. The summed E-state index contributed by atoms with van der Waals surface area (Å²) in [4.78, 5) is 14.1. The number of amides is 1. The lowest BCUT2D eigenvalue weighted by Gasteiger charge is -1.92. The first kappa shape index (κ1) is 6.54. The molecule has 1 amide bonds. The van der Waals surface area contributed by atoms with Crippen molar-refractivity contribution in [1.29, 1.82) is 0 Å². The number of hydrogen-bond acceptors (Lipinski definition) is 2. The van der Waals surface area contributed by atoms with Crippen molar-refractivity contribution < 1.29 is 4.79 Å². The molecule has 0 aliphatic heterocycles. The zero-order valence-corrected chi connectivity index (χ0v) is 5.16. The molecule has 4 nitrogen and oxygen atoms in total. The summed E-state index contributed by atoms with van der Waals surface area (Å²) in [5.74, 6) is -0.603. The Morgan fingerprint density at radius 3 is 2.80 bits per heavy atom. The Kier molecular flexibility index (Phi) is 1.53. The van der Waals surface area contributed by atoms with Crippen LogP contribution >= 0.6 is 0 Å². The Morgan fingerprint density at radius 2 is 2.40 bits per heavy atom. The van der Waals surface area contributed by atoms with E-state index in [0.29, 0.717) is 0 Å². The average Bonchev–Trinajstić information content (AvgIpc) is 1.88. The molecular weight excluding hydrogens is 130 g/mol. The van der Waals surface area contributed by atoms with Crippen LogP contribution < -0.4 is 11.5 Å². The van der Waals surface area contributed by atoms with Crippen LogP contribution in [0.2, 0.25) is 0 Å². The topological polar surface area (TPSA) is 79.8 Å². The highest BCUT2D eigenvalue weighted by molar-refractivity contribution is 5.91. The highest BCUT2D eigenvalue weighted by Crippen LogP contribution is 2.02. The molecule has 1 aromatic rings. The fourth-order valence-corrected chi connectivity index (χ4v) is 0.565. The standard InChI is InChI=1S/C6H6N3O/c7-4-1-2-9-5(3-4)6(8)10/h1-3,7H,(H2,8,10). The van der Waals surface area contributed by atoms with Gasteiger partial charge in [0.2, 0.25) is 0 Å². The maximum Gasteiger partial charge on any atom is 0.267 e. The molecule has 0 atom stereocenters. The second-order valence-corrected chi connectivity index (χ2v) is 1.79. The van der Waals surface area contributed by atoms with Gasteiger partial charge in [-0.25, -0.2) is 0 Å². The van der Waals surface area contributed by atoms with Crippen molar-refractivity contribution >= 4 is 11.6 Å². The molecule has 0 unspecified atom stereocenters. The van der Waals surface area contributed by atoms with E-state index in [1.807, 2.05) is 0 Å². The maximum absolute atomic E-state index is 10.4. The molecule has 1 heterocycles. The fraction of sp³-hybridized carbons (Fsp3) is 0. The van der Waals surface area contributed by atoms with Crippen LogP contribution in [-0.2, 0) is 0 Å². The highest BCUT2D eigenvalue weighted by Gasteiger charge is 1.99. The predicted octanol–water partition coefficient (Wildman–Crippen LogP) is 0.0949. The quantitative estimate of drug-likeness (QED) is 0.593. The SMILES string of the molecule is [NH]c1ccnc(C(N)=O)c1. The number of aromatic nitrogens is 1. The first-order chi connectivity index (χ1) is 4.70. The lowest BCUT2D eigenvalue weighted by Crippen LogP contribution is -2.12. The zero-order valence-electron chi connectivity index (χ0n) is 5.16. The van der Waals surface area contributed by atoms with Gasteiger partial charge in [0.05, 0.1) is 5.69 Å². The Bertz CT molecular complexity index is 259. The summed E-state index contributed by atoms with van der Waals surface area (Å²) in [7, 11) is 0. The van der Waals surface area contributed by atoms with Crippen LogP contribution in [-0.4, -0.2) is 10.9 Å². The Hall–Kier alpha value is -1.58. The van der Waals surface area contributed by atoms with Crippen molar-refractivity contribution in [3.05, 3.63) is 24.0 Å². The molecule has 0 fully saturated rings. The second-order valence-electron chi connectivity index (χ2n) is 1.79. The highest BCUT2D eigenvalue weighted by atomic mass is 16.1. The number of carbonyl (C=O) groups is 1. The third-order valence-corrected chi connectivity index (χ3v) is 1.01. The van der Waals surface area contributed by atoms with Crippen molar-refractivity contribution in [3.8, 4) is 0 Å². The first-order valence-electron chi connectivity index (χ1n) is 2.67. The molecule has 4 heteroatoms. The third-order valence-electron chi connectivity index (χ3n) is 1.01. The van der Waals surface area contributed by atoms with Crippen LogP contribution in [0, 0.1) is 0 Å². The Balaban J connectivity index is 3.07. The number of nitrogens with zero attached hydrogens (tertiary/aromatic N) is 1. The van der Waals surface area contributed by atoms with Gasteiger partial charge in [-0.05, 0) is 12.1 Å². The number of nitrogens with one attached hydrogen (secondary N) is 1. The minimum Gasteiger partial charge on any atom is -0.364 e.